The van der Waals surface area contributed by atoms with Crippen molar-refractivity contribution in [3.8, 4) is 0 Å². The van der Waals surface area contributed by atoms with Gasteiger partial charge in [-0.2, -0.15) is 0 Å². The summed E-state index contributed by atoms with van der Waals surface area (Å²) in [7, 11) is 2.01. The van der Waals surface area contributed by atoms with Gasteiger partial charge in [-0.1, -0.05) is 6.92 Å². The first-order valence-electron chi connectivity index (χ1n) is 5.30. The van der Waals surface area contributed by atoms with E-state index in [9.17, 15) is 4.79 Å². The van der Waals surface area contributed by atoms with Crippen LogP contribution >= 0.6 is 0 Å². The minimum Gasteiger partial charge on any atom is -0.351 e. The molecule has 0 aliphatic heterocycles. The van der Waals surface area contributed by atoms with E-state index in [4.69, 9.17) is 0 Å². The van der Waals surface area contributed by atoms with E-state index >= 15 is 0 Å². The van der Waals surface area contributed by atoms with Crippen molar-refractivity contribution < 1.29 is 4.79 Å². The summed E-state index contributed by atoms with van der Waals surface area (Å²) < 4.78 is 2.06. The first-order chi connectivity index (χ1) is 7.22. The Balaban J connectivity index is 2.43. The number of fused-ring (bicyclic) bond motifs is 1. The fourth-order valence-electron chi connectivity index (χ4n) is 1.83. The van der Waals surface area contributed by atoms with Crippen LogP contribution in [0.4, 0.5) is 0 Å². The van der Waals surface area contributed by atoms with Crippen molar-refractivity contribution in [2.24, 2.45) is 7.05 Å². The lowest BCUT2D eigenvalue weighted by molar-refractivity contribution is 0.0982. The number of aryl methyl sites for hydroxylation is 1. The summed E-state index contributed by atoms with van der Waals surface area (Å²) in [5.74, 6) is 0.239. The molecule has 1 aromatic heterocycles. The molecule has 0 aliphatic carbocycles. The van der Waals surface area contributed by atoms with E-state index < -0.39 is 0 Å². The standard InChI is InChI=1S/C13H15NO/c1-3-4-13(15)11-5-6-12-10(9-11)7-8-14(12)2/h5-9H,3-4H2,1-2H3. The SMILES string of the molecule is CCCC(=O)c1ccc2c(ccn2C)c1. The number of nitrogens with zero attached hydrogens (tertiary/aromatic N) is 1. The largest absolute Gasteiger partial charge is 0.351 e. The van der Waals surface area contributed by atoms with E-state index in [1.165, 1.54) is 5.52 Å². The molecule has 2 rings (SSSR count). The number of aromatic nitrogens is 1. The fourth-order valence-corrected chi connectivity index (χ4v) is 1.83. The van der Waals surface area contributed by atoms with Crippen LogP contribution < -0.4 is 0 Å². The maximum absolute atomic E-state index is 11.7. The van der Waals surface area contributed by atoms with Gasteiger partial charge >= 0.3 is 0 Å². The van der Waals surface area contributed by atoms with Gasteiger partial charge in [0.05, 0.1) is 0 Å². The molecule has 0 radical (unpaired) electrons. The predicted octanol–water partition coefficient (Wildman–Crippen LogP) is 3.16. The Labute approximate surface area is 89.5 Å². The molecule has 2 nitrogen and oxygen atoms in total. The molecular weight excluding hydrogens is 186 g/mol. The van der Waals surface area contributed by atoms with Gasteiger partial charge in [0.15, 0.2) is 5.78 Å². The van der Waals surface area contributed by atoms with Crippen LogP contribution in [-0.4, -0.2) is 10.4 Å². The van der Waals surface area contributed by atoms with Crippen LogP contribution in [0.1, 0.15) is 30.1 Å². The number of hydrogen-bond donors (Lipinski definition) is 0. The summed E-state index contributed by atoms with van der Waals surface area (Å²) in [4.78, 5) is 11.7. The Morgan fingerprint density at radius 2 is 2.13 bits per heavy atom. The summed E-state index contributed by atoms with van der Waals surface area (Å²) in [5.41, 5.74) is 2.00. The van der Waals surface area contributed by atoms with Gasteiger partial charge in [0.25, 0.3) is 0 Å². The average molecular weight is 201 g/mol. The van der Waals surface area contributed by atoms with Crippen molar-refractivity contribution in [3.05, 3.63) is 36.0 Å². The molecule has 15 heavy (non-hydrogen) atoms. The molecule has 0 saturated carbocycles. The molecule has 0 amide bonds. The van der Waals surface area contributed by atoms with Gasteiger partial charge in [0.1, 0.15) is 0 Å². The number of Topliss-reactive ketones (excluding diaryl/α,β-unsaturated/α-hetero) is 1. The Morgan fingerprint density at radius 1 is 1.33 bits per heavy atom. The first kappa shape index (κ1) is 9.97. The number of ketones is 1. The average Bonchev–Trinajstić information content (AvgIpc) is 2.60. The van der Waals surface area contributed by atoms with Crippen LogP contribution in [0.15, 0.2) is 30.5 Å². The summed E-state index contributed by atoms with van der Waals surface area (Å²) >= 11 is 0. The quantitative estimate of drug-likeness (QED) is 0.699. The van der Waals surface area contributed by atoms with Gasteiger partial charge in [-0.3, -0.25) is 4.79 Å². The third-order valence-electron chi connectivity index (χ3n) is 2.68. The normalized spacial score (nSPS) is 10.8. The molecule has 0 N–H and O–H groups in total. The Morgan fingerprint density at radius 3 is 2.87 bits per heavy atom. The van der Waals surface area contributed by atoms with Crippen LogP contribution in [0.3, 0.4) is 0 Å². The van der Waals surface area contributed by atoms with Crippen LogP contribution in [0, 0.1) is 0 Å². The first-order valence-corrected chi connectivity index (χ1v) is 5.30. The molecule has 0 bridgehead atoms. The number of benzene rings is 1. The summed E-state index contributed by atoms with van der Waals surface area (Å²) in [5, 5.41) is 1.14. The molecule has 0 unspecified atom stereocenters. The van der Waals surface area contributed by atoms with Crippen molar-refractivity contribution in [2.75, 3.05) is 0 Å². The van der Waals surface area contributed by atoms with Crippen LogP contribution in [0.25, 0.3) is 10.9 Å². The number of rotatable bonds is 3. The summed E-state index contributed by atoms with van der Waals surface area (Å²) in [6, 6.07) is 7.95. The van der Waals surface area contributed by atoms with Gasteiger partial charge in [-0.05, 0) is 30.7 Å². The van der Waals surface area contributed by atoms with Gasteiger partial charge in [0, 0.05) is 36.1 Å². The summed E-state index contributed by atoms with van der Waals surface area (Å²) in [6.45, 7) is 2.03. The number of carbonyl (C=O) groups is 1. The topological polar surface area (TPSA) is 22.0 Å². The third kappa shape index (κ3) is 1.80. The summed E-state index contributed by atoms with van der Waals surface area (Å²) in [6.07, 6.45) is 3.56. The molecule has 0 spiro atoms. The van der Waals surface area contributed by atoms with Crippen molar-refractivity contribution in [1.82, 2.24) is 4.57 Å². The lowest BCUT2D eigenvalue weighted by atomic mass is 10.1. The van der Waals surface area contributed by atoms with Crippen molar-refractivity contribution in [3.63, 3.8) is 0 Å². The second-order valence-corrected chi connectivity index (χ2v) is 3.87. The maximum Gasteiger partial charge on any atom is 0.162 e. The Hall–Kier alpha value is -1.57. The highest BCUT2D eigenvalue weighted by Crippen LogP contribution is 2.17. The zero-order chi connectivity index (χ0) is 10.8. The second kappa shape index (κ2) is 3.89. The molecule has 0 fully saturated rings. The zero-order valence-corrected chi connectivity index (χ0v) is 9.16. The van der Waals surface area contributed by atoms with Gasteiger partial charge < -0.3 is 4.57 Å². The smallest absolute Gasteiger partial charge is 0.162 e. The zero-order valence-electron chi connectivity index (χ0n) is 9.16. The second-order valence-electron chi connectivity index (χ2n) is 3.87. The van der Waals surface area contributed by atoms with E-state index in [1.807, 2.05) is 44.4 Å². The van der Waals surface area contributed by atoms with E-state index in [0.717, 1.165) is 17.4 Å². The van der Waals surface area contributed by atoms with Crippen molar-refractivity contribution >= 4 is 16.7 Å². The molecule has 0 saturated heterocycles. The third-order valence-corrected chi connectivity index (χ3v) is 2.68. The van der Waals surface area contributed by atoms with Crippen LogP contribution in [0.5, 0.6) is 0 Å². The van der Waals surface area contributed by atoms with E-state index in [1.54, 1.807) is 0 Å². The molecule has 2 heteroatoms. The fraction of sp³-hybridized carbons (Fsp3) is 0.308. The predicted molar refractivity (Wildman–Crippen MR) is 62.2 cm³/mol. The lowest BCUT2D eigenvalue weighted by Crippen LogP contribution is -1.97. The van der Waals surface area contributed by atoms with E-state index in [-0.39, 0.29) is 5.78 Å². The number of hydrogen-bond acceptors (Lipinski definition) is 1. The van der Waals surface area contributed by atoms with E-state index in [0.29, 0.717) is 6.42 Å². The van der Waals surface area contributed by atoms with Gasteiger partial charge in [-0.25, -0.2) is 0 Å². The molecule has 0 aliphatic rings. The monoisotopic (exact) mass is 201 g/mol. The highest BCUT2D eigenvalue weighted by molar-refractivity contribution is 5.99. The minimum absolute atomic E-state index is 0.239. The molecule has 1 aromatic carbocycles. The molecule has 2 aromatic rings. The number of carbonyl (C=O) groups excluding carboxylic acids is 1. The van der Waals surface area contributed by atoms with Crippen molar-refractivity contribution in [1.29, 1.82) is 0 Å². The highest BCUT2D eigenvalue weighted by atomic mass is 16.1. The maximum atomic E-state index is 11.7. The van der Waals surface area contributed by atoms with Crippen LogP contribution in [-0.2, 0) is 7.05 Å². The van der Waals surface area contributed by atoms with E-state index in [2.05, 4.69) is 4.57 Å². The van der Waals surface area contributed by atoms with Crippen molar-refractivity contribution in [2.45, 2.75) is 19.8 Å². The Kier molecular flexibility index (Phi) is 2.58. The molecular formula is C13H15NO. The van der Waals surface area contributed by atoms with Crippen LogP contribution in [0.2, 0.25) is 0 Å². The van der Waals surface area contributed by atoms with Gasteiger partial charge in [0.2, 0.25) is 0 Å². The Bertz CT molecular complexity index is 496. The van der Waals surface area contributed by atoms with Gasteiger partial charge in [-0.15, -0.1) is 0 Å². The minimum atomic E-state index is 0.239. The molecule has 78 valence electrons. The lowest BCUT2D eigenvalue weighted by Gasteiger charge is -2.00. The highest BCUT2D eigenvalue weighted by Gasteiger charge is 2.06. The molecule has 1 heterocycles. The molecule has 0 atom stereocenters.